The highest BCUT2D eigenvalue weighted by molar-refractivity contribution is 5.96. The summed E-state index contributed by atoms with van der Waals surface area (Å²) in [5.41, 5.74) is 0.522. The van der Waals surface area contributed by atoms with Gasteiger partial charge in [-0.1, -0.05) is 6.07 Å². The summed E-state index contributed by atoms with van der Waals surface area (Å²) >= 11 is 0. The van der Waals surface area contributed by atoms with Crippen LogP contribution in [0.1, 0.15) is 12.8 Å². The van der Waals surface area contributed by atoms with Crippen molar-refractivity contribution in [1.82, 2.24) is 10.6 Å². The Morgan fingerprint density at radius 2 is 2.22 bits per heavy atom. The Labute approximate surface area is 135 Å². The van der Waals surface area contributed by atoms with E-state index in [1.807, 2.05) is 0 Å². The maximum absolute atomic E-state index is 13.3. The second-order valence-corrected chi connectivity index (χ2v) is 6.10. The first-order valence-corrected chi connectivity index (χ1v) is 7.85. The van der Waals surface area contributed by atoms with Crippen LogP contribution in [0.25, 0.3) is 0 Å². The fourth-order valence-corrected chi connectivity index (χ4v) is 2.58. The molecule has 1 aliphatic heterocycles. The van der Waals surface area contributed by atoms with E-state index in [1.165, 1.54) is 21.9 Å². The molecule has 0 spiro atoms. The topological polar surface area (TPSA) is 65.9 Å². The number of hydrogen-bond donors (Lipinski definition) is 3. The third kappa shape index (κ3) is 5.21. The SMILES string of the molecule is C[NH+](C)CCCNC(=O)N[C@H]1CC(=O)N(c2cccc(F)c2)C1. The van der Waals surface area contributed by atoms with E-state index in [4.69, 9.17) is 0 Å². The summed E-state index contributed by atoms with van der Waals surface area (Å²) in [5.74, 6) is -0.496. The van der Waals surface area contributed by atoms with Crippen LogP contribution in [0.3, 0.4) is 0 Å². The maximum atomic E-state index is 13.3. The minimum Gasteiger partial charge on any atom is -0.340 e. The van der Waals surface area contributed by atoms with Crippen molar-refractivity contribution >= 4 is 17.6 Å². The second-order valence-electron chi connectivity index (χ2n) is 6.10. The van der Waals surface area contributed by atoms with E-state index >= 15 is 0 Å². The average molecular weight is 323 g/mol. The molecule has 1 fully saturated rings. The molecular formula is C16H24FN4O2+. The minimum absolute atomic E-state index is 0.114. The van der Waals surface area contributed by atoms with E-state index in [9.17, 15) is 14.0 Å². The zero-order valence-electron chi connectivity index (χ0n) is 13.6. The number of urea groups is 1. The van der Waals surface area contributed by atoms with Crippen LogP contribution >= 0.6 is 0 Å². The first-order valence-electron chi connectivity index (χ1n) is 7.85. The highest BCUT2D eigenvalue weighted by Crippen LogP contribution is 2.22. The van der Waals surface area contributed by atoms with Crippen LogP contribution < -0.4 is 20.4 Å². The van der Waals surface area contributed by atoms with E-state index in [1.54, 1.807) is 12.1 Å². The molecule has 1 atom stereocenters. The third-order valence-corrected chi connectivity index (χ3v) is 3.72. The molecule has 7 heteroatoms. The lowest BCUT2D eigenvalue weighted by molar-refractivity contribution is -0.858. The molecule has 0 bridgehead atoms. The van der Waals surface area contributed by atoms with Crippen LogP contribution in [0.15, 0.2) is 24.3 Å². The summed E-state index contributed by atoms with van der Waals surface area (Å²) in [6.07, 6.45) is 1.13. The summed E-state index contributed by atoms with van der Waals surface area (Å²) < 4.78 is 13.3. The Morgan fingerprint density at radius 1 is 1.43 bits per heavy atom. The molecule has 1 saturated heterocycles. The number of amides is 3. The number of carbonyl (C=O) groups excluding carboxylic acids is 2. The molecule has 1 aromatic carbocycles. The van der Waals surface area contributed by atoms with Gasteiger partial charge in [-0.05, 0) is 18.2 Å². The maximum Gasteiger partial charge on any atom is 0.315 e. The van der Waals surface area contributed by atoms with Gasteiger partial charge >= 0.3 is 6.03 Å². The van der Waals surface area contributed by atoms with Gasteiger partial charge in [-0.25, -0.2) is 9.18 Å². The van der Waals surface area contributed by atoms with Gasteiger partial charge < -0.3 is 20.4 Å². The Kier molecular flexibility index (Phi) is 5.92. The molecule has 0 saturated carbocycles. The van der Waals surface area contributed by atoms with Crippen molar-refractivity contribution < 1.29 is 18.9 Å². The number of benzene rings is 1. The fraction of sp³-hybridized carbons (Fsp3) is 0.500. The monoisotopic (exact) mass is 323 g/mol. The number of nitrogens with one attached hydrogen (secondary N) is 3. The molecule has 3 amide bonds. The molecule has 0 radical (unpaired) electrons. The average Bonchev–Trinajstić information content (AvgIpc) is 2.84. The molecule has 1 aromatic rings. The number of nitrogens with zero attached hydrogens (tertiary/aromatic N) is 1. The number of quaternary nitrogens is 1. The van der Waals surface area contributed by atoms with Crippen LogP contribution in [-0.2, 0) is 4.79 Å². The minimum atomic E-state index is -0.382. The summed E-state index contributed by atoms with van der Waals surface area (Å²) in [4.78, 5) is 26.7. The summed E-state index contributed by atoms with van der Waals surface area (Å²) in [6, 6.07) is 5.39. The van der Waals surface area contributed by atoms with E-state index < -0.39 is 0 Å². The molecule has 126 valence electrons. The van der Waals surface area contributed by atoms with Crippen molar-refractivity contribution in [2.75, 3.05) is 38.6 Å². The van der Waals surface area contributed by atoms with Crippen molar-refractivity contribution in [3.63, 3.8) is 0 Å². The first-order chi connectivity index (χ1) is 11.0. The Bertz CT molecular complexity index is 565. The van der Waals surface area contributed by atoms with Crippen molar-refractivity contribution in [1.29, 1.82) is 0 Å². The molecule has 0 aromatic heterocycles. The van der Waals surface area contributed by atoms with Crippen LogP contribution in [0.4, 0.5) is 14.9 Å². The molecule has 1 heterocycles. The zero-order chi connectivity index (χ0) is 16.8. The molecule has 1 aliphatic rings. The lowest BCUT2D eigenvalue weighted by Crippen LogP contribution is -3.05. The van der Waals surface area contributed by atoms with Gasteiger partial charge in [-0.15, -0.1) is 0 Å². The summed E-state index contributed by atoms with van der Waals surface area (Å²) in [5, 5.41) is 5.59. The van der Waals surface area contributed by atoms with Crippen LogP contribution in [0.2, 0.25) is 0 Å². The largest absolute Gasteiger partial charge is 0.340 e. The van der Waals surface area contributed by atoms with E-state index in [2.05, 4.69) is 24.7 Å². The lowest BCUT2D eigenvalue weighted by atomic mass is 10.2. The highest BCUT2D eigenvalue weighted by Gasteiger charge is 2.31. The van der Waals surface area contributed by atoms with Gasteiger partial charge in [-0.2, -0.15) is 0 Å². The predicted octanol–water partition coefficient (Wildman–Crippen LogP) is -0.235. The summed E-state index contributed by atoms with van der Waals surface area (Å²) in [7, 11) is 4.12. The molecule has 6 nitrogen and oxygen atoms in total. The van der Waals surface area contributed by atoms with E-state index in [0.29, 0.717) is 18.8 Å². The fourth-order valence-electron chi connectivity index (χ4n) is 2.58. The number of rotatable bonds is 6. The lowest BCUT2D eigenvalue weighted by Gasteiger charge is -2.17. The van der Waals surface area contributed by atoms with Gasteiger partial charge in [0.25, 0.3) is 0 Å². The van der Waals surface area contributed by atoms with Gasteiger partial charge in [0.1, 0.15) is 5.82 Å². The number of carbonyl (C=O) groups is 2. The molecule has 3 N–H and O–H groups in total. The standard InChI is InChI=1S/C16H23FN4O2/c1-20(2)8-4-7-18-16(23)19-13-10-15(22)21(11-13)14-6-3-5-12(17)9-14/h3,5-6,9,13H,4,7-8,10-11H2,1-2H3,(H2,18,19,23)/p+1/t13-/m0/s1. The highest BCUT2D eigenvalue weighted by atomic mass is 19.1. The van der Waals surface area contributed by atoms with Gasteiger partial charge in [-0.3, -0.25) is 4.79 Å². The zero-order valence-corrected chi connectivity index (χ0v) is 13.6. The Balaban J connectivity index is 1.80. The molecule has 0 aliphatic carbocycles. The molecular weight excluding hydrogens is 299 g/mol. The van der Waals surface area contributed by atoms with Crippen molar-refractivity contribution in [3.8, 4) is 0 Å². The van der Waals surface area contributed by atoms with Crippen LogP contribution in [-0.4, -0.2) is 51.7 Å². The van der Waals surface area contributed by atoms with Gasteiger partial charge in [0.2, 0.25) is 5.91 Å². The smallest absolute Gasteiger partial charge is 0.315 e. The van der Waals surface area contributed by atoms with Gasteiger partial charge in [0, 0.05) is 31.6 Å². The number of anilines is 1. The Hall–Kier alpha value is -2.15. The quantitative estimate of drug-likeness (QED) is 0.633. The molecule has 2 rings (SSSR count). The van der Waals surface area contributed by atoms with Gasteiger partial charge in [0.15, 0.2) is 0 Å². The van der Waals surface area contributed by atoms with Crippen molar-refractivity contribution in [2.45, 2.75) is 18.9 Å². The molecule has 23 heavy (non-hydrogen) atoms. The van der Waals surface area contributed by atoms with E-state index in [-0.39, 0.29) is 30.2 Å². The predicted molar refractivity (Wildman–Crippen MR) is 86.0 cm³/mol. The normalized spacial score (nSPS) is 17.7. The van der Waals surface area contributed by atoms with Crippen molar-refractivity contribution in [3.05, 3.63) is 30.1 Å². The van der Waals surface area contributed by atoms with E-state index in [0.717, 1.165) is 13.0 Å². The number of halogens is 1. The third-order valence-electron chi connectivity index (χ3n) is 3.72. The van der Waals surface area contributed by atoms with Gasteiger partial charge in [0.05, 0.1) is 26.7 Å². The second kappa shape index (κ2) is 7.92. The van der Waals surface area contributed by atoms with Crippen LogP contribution in [0, 0.1) is 5.82 Å². The molecule has 0 unspecified atom stereocenters. The summed E-state index contributed by atoms with van der Waals surface area (Å²) in [6.45, 7) is 1.94. The van der Waals surface area contributed by atoms with Crippen molar-refractivity contribution in [2.24, 2.45) is 0 Å². The Morgan fingerprint density at radius 3 is 2.91 bits per heavy atom. The van der Waals surface area contributed by atoms with Crippen LogP contribution in [0.5, 0.6) is 0 Å². The number of hydrogen-bond acceptors (Lipinski definition) is 2. The first kappa shape index (κ1) is 17.2.